The van der Waals surface area contributed by atoms with Crippen molar-refractivity contribution in [2.24, 2.45) is 5.73 Å². The lowest BCUT2D eigenvalue weighted by molar-refractivity contribution is 0.310. The van der Waals surface area contributed by atoms with E-state index in [0.29, 0.717) is 5.56 Å². The zero-order valence-electron chi connectivity index (χ0n) is 11.4. The molecule has 20 heavy (non-hydrogen) atoms. The molecule has 1 unspecified atom stereocenters. The summed E-state index contributed by atoms with van der Waals surface area (Å²) in [5.41, 5.74) is 7.95. The second kappa shape index (κ2) is 7.31. The van der Waals surface area contributed by atoms with Crippen molar-refractivity contribution in [1.29, 1.82) is 0 Å². The number of nitrogens with zero attached hydrogens (tertiary/aromatic N) is 1. The van der Waals surface area contributed by atoms with Crippen LogP contribution in [0.3, 0.4) is 0 Å². The van der Waals surface area contributed by atoms with Crippen LogP contribution in [0.4, 0.5) is 4.39 Å². The second-order valence-electron chi connectivity index (χ2n) is 4.91. The van der Waals surface area contributed by atoms with Crippen LogP contribution in [0.25, 0.3) is 0 Å². The molecular weight excluding hydrogens is 339 g/mol. The van der Waals surface area contributed by atoms with Gasteiger partial charge in [-0.05, 0) is 59.0 Å². The Labute approximate surface area is 131 Å². The van der Waals surface area contributed by atoms with Crippen LogP contribution in [0.5, 0.6) is 0 Å². The predicted molar refractivity (Wildman–Crippen MR) is 86.3 cm³/mol. The molecule has 1 aromatic heterocycles. The van der Waals surface area contributed by atoms with E-state index in [1.54, 1.807) is 23.5 Å². The minimum absolute atomic E-state index is 0.218. The van der Waals surface area contributed by atoms with Crippen LogP contribution in [0.1, 0.15) is 23.6 Å². The molecule has 2 nitrogen and oxygen atoms in total. The highest BCUT2D eigenvalue weighted by Gasteiger charge is 2.12. The highest BCUT2D eigenvalue weighted by atomic mass is 79.9. The van der Waals surface area contributed by atoms with Gasteiger partial charge in [0.1, 0.15) is 5.82 Å². The normalized spacial score (nSPS) is 12.8. The molecule has 0 amide bonds. The van der Waals surface area contributed by atoms with Crippen molar-refractivity contribution in [3.63, 3.8) is 0 Å². The van der Waals surface area contributed by atoms with Crippen molar-refractivity contribution in [2.45, 2.75) is 19.0 Å². The SMILES string of the molecule is CN(CCC(N)c1ccccc1F)Cc1csc(Br)c1. The Hall–Kier alpha value is -0.750. The molecule has 0 saturated heterocycles. The highest BCUT2D eigenvalue weighted by molar-refractivity contribution is 9.11. The van der Waals surface area contributed by atoms with Crippen molar-refractivity contribution >= 4 is 27.3 Å². The maximum atomic E-state index is 13.6. The number of benzene rings is 1. The number of hydrogen-bond donors (Lipinski definition) is 1. The molecule has 0 saturated carbocycles. The van der Waals surface area contributed by atoms with Crippen molar-refractivity contribution in [1.82, 2.24) is 4.90 Å². The highest BCUT2D eigenvalue weighted by Crippen LogP contribution is 2.22. The van der Waals surface area contributed by atoms with Crippen molar-refractivity contribution in [3.05, 3.63) is 56.4 Å². The van der Waals surface area contributed by atoms with Crippen LogP contribution < -0.4 is 5.73 Å². The third-order valence-corrected chi connectivity index (χ3v) is 4.75. The maximum absolute atomic E-state index is 13.6. The first-order valence-electron chi connectivity index (χ1n) is 6.47. The average molecular weight is 357 g/mol. The van der Waals surface area contributed by atoms with Crippen molar-refractivity contribution in [2.75, 3.05) is 13.6 Å². The van der Waals surface area contributed by atoms with Gasteiger partial charge in [-0.25, -0.2) is 4.39 Å². The fraction of sp³-hybridized carbons (Fsp3) is 0.333. The van der Waals surface area contributed by atoms with Gasteiger partial charge in [0.05, 0.1) is 3.79 Å². The van der Waals surface area contributed by atoms with E-state index < -0.39 is 0 Å². The summed E-state index contributed by atoms with van der Waals surface area (Å²) in [5, 5.41) is 2.14. The fourth-order valence-electron chi connectivity index (χ4n) is 2.11. The van der Waals surface area contributed by atoms with Crippen LogP contribution in [-0.2, 0) is 6.54 Å². The van der Waals surface area contributed by atoms with E-state index in [2.05, 4.69) is 39.3 Å². The Morgan fingerprint density at radius 3 is 2.80 bits per heavy atom. The summed E-state index contributed by atoms with van der Waals surface area (Å²) in [6.45, 7) is 1.72. The van der Waals surface area contributed by atoms with Crippen LogP contribution in [0, 0.1) is 5.82 Å². The Bertz CT molecular complexity index is 558. The Kier molecular flexibility index (Phi) is 5.72. The van der Waals surface area contributed by atoms with Gasteiger partial charge in [-0.1, -0.05) is 18.2 Å². The van der Waals surface area contributed by atoms with Gasteiger partial charge in [-0.15, -0.1) is 11.3 Å². The lowest BCUT2D eigenvalue weighted by Gasteiger charge is -2.19. The quantitative estimate of drug-likeness (QED) is 0.841. The molecule has 0 radical (unpaired) electrons. The largest absolute Gasteiger partial charge is 0.324 e. The van der Waals surface area contributed by atoms with E-state index in [4.69, 9.17) is 5.73 Å². The van der Waals surface area contributed by atoms with Gasteiger partial charge in [0.15, 0.2) is 0 Å². The number of rotatable bonds is 6. The summed E-state index contributed by atoms with van der Waals surface area (Å²) in [4.78, 5) is 2.20. The zero-order valence-corrected chi connectivity index (χ0v) is 13.8. The minimum atomic E-state index is -0.257. The van der Waals surface area contributed by atoms with E-state index in [9.17, 15) is 4.39 Å². The molecule has 108 valence electrons. The van der Waals surface area contributed by atoms with Gasteiger partial charge >= 0.3 is 0 Å². The first-order chi connectivity index (χ1) is 9.56. The predicted octanol–water partition coefficient (Wildman–Crippen LogP) is 4.17. The minimum Gasteiger partial charge on any atom is -0.324 e. The molecule has 1 atom stereocenters. The molecule has 2 rings (SSSR count). The molecule has 0 fully saturated rings. The summed E-state index contributed by atoms with van der Waals surface area (Å²) in [5.74, 6) is -0.218. The van der Waals surface area contributed by atoms with Gasteiger partial charge in [0, 0.05) is 18.2 Å². The fourth-order valence-corrected chi connectivity index (χ4v) is 3.31. The molecule has 1 aromatic carbocycles. The molecule has 0 bridgehead atoms. The third kappa shape index (κ3) is 4.38. The van der Waals surface area contributed by atoms with Crippen LogP contribution in [0.15, 0.2) is 39.5 Å². The van der Waals surface area contributed by atoms with Gasteiger partial charge in [0.2, 0.25) is 0 Å². The number of halogens is 2. The van der Waals surface area contributed by atoms with Gasteiger partial charge in [-0.2, -0.15) is 0 Å². The lowest BCUT2D eigenvalue weighted by atomic mass is 10.0. The van der Waals surface area contributed by atoms with E-state index in [0.717, 1.165) is 23.3 Å². The molecule has 5 heteroatoms. The van der Waals surface area contributed by atoms with Gasteiger partial charge in [0.25, 0.3) is 0 Å². The smallest absolute Gasteiger partial charge is 0.127 e. The summed E-state index contributed by atoms with van der Waals surface area (Å²) in [6.07, 6.45) is 0.739. The van der Waals surface area contributed by atoms with E-state index in [-0.39, 0.29) is 11.9 Å². The lowest BCUT2D eigenvalue weighted by Crippen LogP contribution is -2.23. The Balaban J connectivity index is 1.84. The summed E-state index contributed by atoms with van der Waals surface area (Å²) in [6, 6.07) is 8.60. The second-order valence-corrected chi connectivity index (χ2v) is 7.20. The van der Waals surface area contributed by atoms with Gasteiger partial charge < -0.3 is 10.6 Å². The monoisotopic (exact) mass is 356 g/mol. The van der Waals surface area contributed by atoms with Crippen LogP contribution in [-0.4, -0.2) is 18.5 Å². The van der Waals surface area contributed by atoms with E-state index in [1.165, 1.54) is 11.6 Å². The maximum Gasteiger partial charge on any atom is 0.127 e. The Morgan fingerprint density at radius 2 is 2.15 bits per heavy atom. The average Bonchev–Trinajstić information content (AvgIpc) is 2.82. The number of hydrogen-bond acceptors (Lipinski definition) is 3. The molecule has 2 N–H and O–H groups in total. The number of thiophene rings is 1. The topological polar surface area (TPSA) is 29.3 Å². The summed E-state index contributed by atoms with van der Waals surface area (Å²) < 4.78 is 14.8. The molecule has 2 aromatic rings. The standard InChI is InChI=1S/C15H18BrFN2S/c1-19(9-11-8-15(16)20-10-11)7-6-14(18)12-4-2-3-5-13(12)17/h2-5,8,10,14H,6-7,9,18H2,1H3. The summed E-state index contributed by atoms with van der Waals surface area (Å²) in [7, 11) is 2.06. The number of nitrogens with two attached hydrogens (primary N) is 1. The molecule has 0 aliphatic heterocycles. The summed E-state index contributed by atoms with van der Waals surface area (Å²) >= 11 is 5.15. The van der Waals surface area contributed by atoms with Crippen LogP contribution >= 0.6 is 27.3 Å². The van der Waals surface area contributed by atoms with Gasteiger partial charge in [-0.3, -0.25) is 0 Å². The van der Waals surface area contributed by atoms with E-state index >= 15 is 0 Å². The molecule has 1 heterocycles. The molecular formula is C15H18BrFN2S. The van der Waals surface area contributed by atoms with Crippen molar-refractivity contribution < 1.29 is 4.39 Å². The first-order valence-corrected chi connectivity index (χ1v) is 8.15. The molecule has 0 spiro atoms. The Morgan fingerprint density at radius 1 is 1.40 bits per heavy atom. The van der Waals surface area contributed by atoms with Crippen LogP contribution in [0.2, 0.25) is 0 Å². The molecule has 0 aliphatic rings. The van der Waals surface area contributed by atoms with E-state index in [1.807, 2.05) is 6.07 Å². The molecule has 0 aliphatic carbocycles. The third-order valence-electron chi connectivity index (χ3n) is 3.20. The first kappa shape index (κ1) is 15.6. The van der Waals surface area contributed by atoms with Crippen molar-refractivity contribution in [3.8, 4) is 0 Å². The zero-order chi connectivity index (χ0) is 14.5.